The van der Waals surface area contributed by atoms with Crippen molar-refractivity contribution in [2.75, 3.05) is 18.4 Å². The van der Waals surface area contributed by atoms with Gasteiger partial charge in [-0.05, 0) is 62.4 Å². The molecule has 0 aromatic heterocycles. The summed E-state index contributed by atoms with van der Waals surface area (Å²) in [6.07, 6.45) is 1.59. The number of amides is 3. The molecule has 1 aliphatic rings. The summed E-state index contributed by atoms with van der Waals surface area (Å²) < 4.78 is 0. The molecular weight excluding hydrogens is 350 g/mol. The second-order valence-electron chi connectivity index (χ2n) is 8.06. The molecule has 0 aliphatic carbocycles. The lowest BCUT2D eigenvalue weighted by molar-refractivity contribution is -0.132. The number of benzene rings is 2. The lowest BCUT2D eigenvalue weighted by Crippen LogP contribution is -2.52. The Hall–Kier alpha value is -2.82. The number of carbonyl (C=O) groups excluding carboxylic acids is 2. The van der Waals surface area contributed by atoms with Crippen LogP contribution >= 0.6 is 0 Å². The average molecular weight is 380 g/mol. The van der Waals surface area contributed by atoms with Crippen molar-refractivity contribution < 1.29 is 9.59 Å². The van der Waals surface area contributed by atoms with Crippen LogP contribution in [-0.2, 0) is 11.3 Å². The zero-order valence-corrected chi connectivity index (χ0v) is 16.9. The van der Waals surface area contributed by atoms with Gasteiger partial charge in [0.15, 0.2) is 0 Å². The van der Waals surface area contributed by atoms with Gasteiger partial charge in [-0.25, -0.2) is 4.79 Å². The summed E-state index contributed by atoms with van der Waals surface area (Å²) in [5, 5.41) is 6.02. The first-order chi connectivity index (χ1) is 13.4. The molecule has 2 aromatic rings. The Bertz CT molecular complexity index is 830. The van der Waals surface area contributed by atoms with E-state index in [4.69, 9.17) is 0 Å². The molecule has 0 spiro atoms. The van der Waals surface area contributed by atoms with Crippen molar-refractivity contribution >= 4 is 17.6 Å². The number of piperidine rings is 1. The number of hydrogen-bond acceptors (Lipinski definition) is 2. The van der Waals surface area contributed by atoms with Crippen LogP contribution in [0.3, 0.4) is 0 Å². The summed E-state index contributed by atoms with van der Waals surface area (Å²) in [6, 6.07) is 15.7. The smallest absolute Gasteiger partial charge is 0.321 e. The van der Waals surface area contributed by atoms with Gasteiger partial charge in [-0.1, -0.05) is 36.4 Å². The van der Waals surface area contributed by atoms with Crippen LogP contribution in [0.4, 0.5) is 10.5 Å². The maximum Gasteiger partial charge on any atom is 0.321 e. The van der Waals surface area contributed by atoms with E-state index in [1.54, 1.807) is 4.90 Å². The Morgan fingerprint density at radius 3 is 2.43 bits per heavy atom. The van der Waals surface area contributed by atoms with E-state index in [1.165, 1.54) is 0 Å². The number of hydrogen-bond donors (Lipinski definition) is 2. The second kappa shape index (κ2) is 8.46. The predicted octanol–water partition coefficient (Wildman–Crippen LogP) is 4.25. The molecule has 0 radical (unpaired) electrons. The van der Waals surface area contributed by atoms with E-state index in [0.717, 1.165) is 35.2 Å². The van der Waals surface area contributed by atoms with Gasteiger partial charge in [0.1, 0.15) is 0 Å². The topological polar surface area (TPSA) is 61.4 Å². The Morgan fingerprint density at radius 1 is 1.07 bits per heavy atom. The lowest BCUT2D eigenvalue weighted by atomic mass is 9.81. The minimum Gasteiger partial charge on any atom is -0.351 e. The number of carbonyl (C=O) groups is 2. The molecule has 1 heterocycles. The molecule has 5 nitrogen and oxygen atoms in total. The number of likely N-dealkylation sites (tertiary alicyclic amines) is 1. The summed E-state index contributed by atoms with van der Waals surface area (Å²) in [4.78, 5) is 27.4. The summed E-state index contributed by atoms with van der Waals surface area (Å²) >= 11 is 0. The van der Waals surface area contributed by atoms with Gasteiger partial charge in [0.25, 0.3) is 0 Å². The molecule has 1 unspecified atom stereocenters. The van der Waals surface area contributed by atoms with Gasteiger partial charge < -0.3 is 15.5 Å². The van der Waals surface area contributed by atoms with Gasteiger partial charge in [-0.15, -0.1) is 0 Å². The lowest BCUT2D eigenvalue weighted by Gasteiger charge is -2.39. The van der Waals surface area contributed by atoms with E-state index in [0.29, 0.717) is 19.6 Å². The minimum absolute atomic E-state index is 0.000234. The summed E-state index contributed by atoms with van der Waals surface area (Å²) in [6.45, 7) is 7.56. The van der Waals surface area contributed by atoms with Gasteiger partial charge >= 0.3 is 6.03 Å². The molecule has 1 atom stereocenters. The molecule has 0 saturated carbocycles. The minimum atomic E-state index is -0.576. The summed E-state index contributed by atoms with van der Waals surface area (Å²) in [5.41, 5.74) is 3.51. The first-order valence-corrected chi connectivity index (χ1v) is 9.82. The van der Waals surface area contributed by atoms with Crippen molar-refractivity contribution in [3.8, 4) is 0 Å². The van der Waals surface area contributed by atoms with Crippen LogP contribution in [0.2, 0.25) is 0 Å². The molecule has 1 fully saturated rings. The Labute approximate surface area is 167 Å². The standard InChI is InChI=1S/C23H29N3O2/c1-17-12-18(2)14-20(13-17)25-22(28)26-11-7-10-23(3,16-26)21(27)24-15-19-8-5-4-6-9-19/h4-6,8-9,12-14H,7,10-11,15-16H2,1-3H3,(H,24,27)(H,25,28). The zero-order valence-electron chi connectivity index (χ0n) is 16.9. The quantitative estimate of drug-likeness (QED) is 0.834. The second-order valence-corrected chi connectivity index (χ2v) is 8.06. The number of anilines is 1. The number of urea groups is 1. The van der Waals surface area contributed by atoms with Crippen LogP contribution in [0.1, 0.15) is 36.5 Å². The Kier molecular flexibility index (Phi) is 6.02. The summed E-state index contributed by atoms with van der Waals surface area (Å²) in [5.74, 6) is 0.000234. The number of aryl methyl sites for hydroxylation is 2. The van der Waals surface area contributed by atoms with E-state index < -0.39 is 5.41 Å². The monoisotopic (exact) mass is 379 g/mol. The first-order valence-electron chi connectivity index (χ1n) is 9.82. The summed E-state index contributed by atoms with van der Waals surface area (Å²) in [7, 11) is 0. The maximum absolute atomic E-state index is 12.8. The van der Waals surface area contributed by atoms with Crippen LogP contribution in [0, 0.1) is 19.3 Å². The fourth-order valence-electron chi connectivity index (χ4n) is 3.84. The highest BCUT2D eigenvalue weighted by Gasteiger charge is 2.39. The Morgan fingerprint density at radius 2 is 1.75 bits per heavy atom. The maximum atomic E-state index is 12.8. The molecule has 148 valence electrons. The van der Waals surface area contributed by atoms with E-state index >= 15 is 0 Å². The van der Waals surface area contributed by atoms with E-state index in [2.05, 4.69) is 16.7 Å². The fraction of sp³-hybridized carbons (Fsp3) is 0.391. The molecule has 1 saturated heterocycles. The molecule has 0 bridgehead atoms. The van der Waals surface area contributed by atoms with Crippen LogP contribution in [0.15, 0.2) is 48.5 Å². The van der Waals surface area contributed by atoms with Gasteiger partial charge in [0.05, 0.1) is 5.41 Å². The van der Waals surface area contributed by atoms with Crippen molar-refractivity contribution in [3.63, 3.8) is 0 Å². The molecule has 28 heavy (non-hydrogen) atoms. The molecule has 2 aromatic carbocycles. The van der Waals surface area contributed by atoms with E-state index in [-0.39, 0.29) is 11.9 Å². The average Bonchev–Trinajstić information content (AvgIpc) is 2.66. The molecule has 2 N–H and O–H groups in total. The van der Waals surface area contributed by atoms with E-state index in [9.17, 15) is 9.59 Å². The first kappa shape index (κ1) is 19.9. The van der Waals surface area contributed by atoms with E-state index in [1.807, 2.05) is 63.2 Å². The van der Waals surface area contributed by atoms with Crippen molar-refractivity contribution in [2.24, 2.45) is 5.41 Å². The third kappa shape index (κ3) is 4.91. The molecule has 1 aliphatic heterocycles. The zero-order chi connectivity index (χ0) is 20.1. The molecule has 5 heteroatoms. The van der Waals surface area contributed by atoms with Crippen molar-refractivity contribution in [2.45, 2.75) is 40.2 Å². The van der Waals surface area contributed by atoms with Crippen LogP contribution in [-0.4, -0.2) is 29.9 Å². The number of nitrogens with zero attached hydrogens (tertiary/aromatic N) is 1. The van der Waals surface area contributed by atoms with Crippen molar-refractivity contribution in [1.29, 1.82) is 0 Å². The van der Waals surface area contributed by atoms with Crippen LogP contribution in [0.25, 0.3) is 0 Å². The fourth-order valence-corrected chi connectivity index (χ4v) is 3.84. The van der Waals surface area contributed by atoms with Gasteiger partial charge in [-0.2, -0.15) is 0 Å². The highest BCUT2D eigenvalue weighted by atomic mass is 16.2. The van der Waals surface area contributed by atoms with Crippen LogP contribution < -0.4 is 10.6 Å². The Balaban J connectivity index is 1.61. The molecule has 3 rings (SSSR count). The third-order valence-corrected chi connectivity index (χ3v) is 5.30. The highest BCUT2D eigenvalue weighted by Crippen LogP contribution is 2.30. The van der Waals surface area contributed by atoms with Crippen LogP contribution in [0.5, 0.6) is 0 Å². The van der Waals surface area contributed by atoms with Gasteiger partial charge in [0, 0.05) is 25.3 Å². The highest BCUT2D eigenvalue weighted by molar-refractivity contribution is 5.90. The number of rotatable bonds is 4. The number of nitrogens with one attached hydrogen (secondary N) is 2. The molecule has 3 amide bonds. The normalized spacial score (nSPS) is 19.2. The SMILES string of the molecule is Cc1cc(C)cc(NC(=O)N2CCCC(C)(C(=O)NCc3ccccc3)C2)c1. The van der Waals surface area contributed by atoms with Crippen molar-refractivity contribution in [1.82, 2.24) is 10.2 Å². The van der Waals surface area contributed by atoms with Crippen molar-refractivity contribution in [3.05, 3.63) is 65.2 Å². The largest absolute Gasteiger partial charge is 0.351 e. The van der Waals surface area contributed by atoms with Gasteiger partial charge in [0.2, 0.25) is 5.91 Å². The predicted molar refractivity (Wildman–Crippen MR) is 112 cm³/mol. The molecular formula is C23H29N3O2. The third-order valence-electron chi connectivity index (χ3n) is 5.30. The van der Waals surface area contributed by atoms with Gasteiger partial charge in [-0.3, -0.25) is 4.79 Å².